The molecule has 0 aliphatic carbocycles. The van der Waals surface area contributed by atoms with Crippen molar-refractivity contribution >= 4 is 5.91 Å². The van der Waals surface area contributed by atoms with Crippen LogP contribution in [-0.4, -0.2) is 16.3 Å². The third kappa shape index (κ3) is 1.81. The molecule has 0 bridgehead atoms. The van der Waals surface area contributed by atoms with Crippen LogP contribution < -0.4 is 5.84 Å². The molecule has 0 unspecified atom stereocenters. The van der Waals surface area contributed by atoms with Gasteiger partial charge < -0.3 is 0 Å². The van der Waals surface area contributed by atoms with Crippen molar-refractivity contribution in [2.24, 2.45) is 5.84 Å². The maximum absolute atomic E-state index is 11.0. The second kappa shape index (κ2) is 3.34. The van der Waals surface area contributed by atoms with Crippen molar-refractivity contribution < 1.29 is 10.0 Å². The molecule has 64 valence electrons. The van der Waals surface area contributed by atoms with Gasteiger partial charge >= 0.3 is 0 Å². The summed E-state index contributed by atoms with van der Waals surface area (Å²) in [7, 11) is 0. The average Bonchev–Trinajstić information content (AvgIpc) is 2.03. The van der Waals surface area contributed by atoms with Crippen LogP contribution in [-0.2, 0) is 0 Å². The molecule has 0 spiro atoms. The third-order valence-electron chi connectivity index (χ3n) is 1.47. The summed E-state index contributed by atoms with van der Waals surface area (Å²) in [6.45, 7) is 1.86. The average molecular weight is 166 g/mol. The Kier molecular flexibility index (Phi) is 2.42. The predicted molar refractivity (Wildman–Crippen MR) is 43.3 cm³/mol. The van der Waals surface area contributed by atoms with E-state index in [0.717, 1.165) is 5.56 Å². The number of hydrazine groups is 1. The molecule has 0 fully saturated rings. The highest BCUT2D eigenvalue weighted by Gasteiger charge is 2.08. The van der Waals surface area contributed by atoms with Crippen LogP contribution in [0.1, 0.15) is 15.9 Å². The van der Waals surface area contributed by atoms with Crippen LogP contribution >= 0.6 is 0 Å². The lowest BCUT2D eigenvalue weighted by Gasteiger charge is -2.07. The third-order valence-corrected chi connectivity index (χ3v) is 1.47. The number of amides is 1. The van der Waals surface area contributed by atoms with Gasteiger partial charge in [0, 0.05) is 5.56 Å². The number of hydroxylamine groups is 1. The Morgan fingerprint density at radius 3 is 2.75 bits per heavy atom. The van der Waals surface area contributed by atoms with Gasteiger partial charge in [-0.1, -0.05) is 17.7 Å². The van der Waals surface area contributed by atoms with Gasteiger partial charge in [-0.2, -0.15) is 0 Å². The SMILES string of the molecule is Cc1cccc(C(=O)N(N)O)c1. The summed E-state index contributed by atoms with van der Waals surface area (Å²) >= 11 is 0. The highest BCUT2D eigenvalue weighted by molar-refractivity contribution is 5.93. The smallest absolute Gasteiger partial charge is 0.270 e. The van der Waals surface area contributed by atoms with Crippen LogP contribution in [0.2, 0.25) is 0 Å². The molecule has 0 aliphatic rings. The molecule has 3 N–H and O–H groups in total. The number of benzene rings is 1. The number of hydrogen-bond acceptors (Lipinski definition) is 3. The first-order chi connectivity index (χ1) is 5.61. The van der Waals surface area contributed by atoms with E-state index in [1.54, 1.807) is 18.2 Å². The lowest BCUT2D eigenvalue weighted by atomic mass is 10.1. The first-order valence-electron chi connectivity index (χ1n) is 3.46. The maximum atomic E-state index is 11.0. The molecular weight excluding hydrogens is 156 g/mol. The molecular formula is C8H10N2O2. The summed E-state index contributed by atoms with van der Waals surface area (Å²) in [6.07, 6.45) is 0. The molecule has 1 amide bonds. The van der Waals surface area contributed by atoms with E-state index in [1.165, 1.54) is 0 Å². The minimum absolute atomic E-state index is 0.0781. The van der Waals surface area contributed by atoms with Crippen molar-refractivity contribution in [1.82, 2.24) is 5.17 Å². The van der Waals surface area contributed by atoms with Gasteiger partial charge in [0.1, 0.15) is 0 Å². The zero-order valence-corrected chi connectivity index (χ0v) is 6.69. The van der Waals surface area contributed by atoms with E-state index in [1.807, 2.05) is 13.0 Å². The number of nitrogens with two attached hydrogens (primary N) is 1. The molecule has 0 saturated heterocycles. The molecule has 0 atom stereocenters. The van der Waals surface area contributed by atoms with Crippen molar-refractivity contribution in [3.8, 4) is 0 Å². The molecule has 12 heavy (non-hydrogen) atoms. The Balaban J connectivity index is 2.96. The van der Waals surface area contributed by atoms with Gasteiger partial charge in [0.05, 0.1) is 0 Å². The fourth-order valence-corrected chi connectivity index (χ4v) is 0.910. The van der Waals surface area contributed by atoms with Gasteiger partial charge in [0.2, 0.25) is 0 Å². The van der Waals surface area contributed by atoms with Gasteiger partial charge in [-0.3, -0.25) is 10.0 Å². The normalized spacial score (nSPS) is 9.58. The van der Waals surface area contributed by atoms with Crippen LogP contribution in [0.5, 0.6) is 0 Å². The zero-order valence-electron chi connectivity index (χ0n) is 6.69. The van der Waals surface area contributed by atoms with Crippen LogP contribution in [0.25, 0.3) is 0 Å². The molecule has 4 heteroatoms. The summed E-state index contributed by atoms with van der Waals surface area (Å²) in [4.78, 5) is 11.0. The Labute approximate surface area is 70.1 Å². The molecule has 1 aromatic rings. The second-order valence-corrected chi connectivity index (χ2v) is 2.52. The standard InChI is InChI=1S/C8H10N2O2/c1-6-3-2-4-7(5-6)8(11)10(9)12/h2-5,12H,9H2,1H3. The van der Waals surface area contributed by atoms with E-state index >= 15 is 0 Å². The Morgan fingerprint density at radius 1 is 1.58 bits per heavy atom. The summed E-state index contributed by atoms with van der Waals surface area (Å²) in [5, 5.41) is 8.70. The van der Waals surface area contributed by atoms with Gasteiger partial charge in [0.15, 0.2) is 0 Å². The van der Waals surface area contributed by atoms with Crippen molar-refractivity contribution in [2.75, 3.05) is 0 Å². The van der Waals surface area contributed by atoms with Gasteiger partial charge in [-0.25, -0.2) is 5.84 Å². The molecule has 0 aromatic heterocycles. The van der Waals surface area contributed by atoms with Gasteiger partial charge in [0.25, 0.3) is 5.91 Å². The number of rotatable bonds is 1. The van der Waals surface area contributed by atoms with Crippen LogP contribution in [0, 0.1) is 6.92 Å². The minimum atomic E-state index is -0.612. The molecule has 4 nitrogen and oxygen atoms in total. The van der Waals surface area contributed by atoms with E-state index in [4.69, 9.17) is 11.0 Å². The van der Waals surface area contributed by atoms with E-state index in [0.29, 0.717) is 5.56 Å². The van der Waals surface area contributed by atoms with Crippen LogP contribution in [0.4, 0.5) is 0 Å². The number of nitrogens with zero attached hydrogens (tertiary/aromatic N) is 1. The minimum Gasteiger partial charge on any atom is -0.270 e. The van der Waals surface area contributed by atoms with E-state index in [-0.39, 0.29) is 5.17 Å². The first-order valence-corrected chi connectivity index (χ1v) is 3.46. The summed E-state index contributed by atoms with van der Waals surface area (Å²) < 4.78 is 0. The maximum Gasteiger partial charge on any atom is 0.292 e. The lowest BCUT2D eigenvalue weighted by molar-refractivity contribution is -0.0595. The molecule has 1 rings (SSSR count). The van der Waals surface area contributed by atoms with Crippen molar-refractivity contribution in [2.45, 2.75) is 6.92 Å². The number of carbonyl (C=O) groups is 1. The first kappa shape index (κ1) is 8.70. The summed E-state index contributed by atoms with van der Waals surface area (Å²) in [5.74, 6) is 4.25. The second-order valence-electron chi connectivity index (χ2n) is 2.52. The van der Waals surface area contributed by atoms with Crippen LogP contribution in [0.3, 0.4) is 0 Å². The van der Waals surface area contributed by atoms with Crippen molar-refractivity contribution in [3.05, 3.63) is 35.4 Å². The molecule has 0 aliphatic heterocycles. The van der Waals surface area contributed by atoms with Crippen molar-refractivity contribution in [3.63, 3.8) is 0 Å². The topological polar surface area (TPSA) is 66.6 Å². The summed E-state index contributed by atoms with van der Waals surface area (Å²) in [5.41, 5.74) is 1.32. The van der Waals surface area contributed by atoms with Gasteiger partial charge in [-0.15, -0.1) is 5.17 Å². The molecule has 0 saturated carbocycles. The Morgan fingerprint density at radius 2 is 2.25 bits per heavy atom. The fourth-order valence-electron chi connectivity index (χ4n) is 0.910. The lowest BCUT2D eigenvalue weighted by Crippen LogP contribution is -2.33. The van der Waals surface area contributed by atoms with Crippen molar-refractivity contribution in [1.29, 1.82) is 0 Å². The monoisotopic (exact) mass is 166 g/mol. The number of carbonyl (C=O) groups excluding carboxylic acids is 1. The number of hydrogen-bond donors (Lipinski definition) is 2. The van der Waals surface area contributed by atoms with E-state index < -0.39 is 5.91 Å². The van der Waals surface area contributed by atoms with Gasteiger partial charge in [-0.05, 0) is 19.1 Å². The largest absolute Gasteiger partial charge is 0.292 e. The highest BCUT2D eigenvalue weighted by Crippen LogP contribution is 2.04. The fraction of sp³-hybridized carbons (Fsp3) is 0.125. The Bertz CT molecular complexity index is 297. The predicted octanol–water partition coefficient (Wildman–Crippen LogP) is 0.700. The van der Waals surface area contributed by atoms with E-state index in [9.17, 15) is 4.79 Å². The quantitative estimate of drug-likeness (QED) is 0.279. The highest BCUT2D eigenvalue weighted by atomic mass is 16.5. The molecule has 0 radical (unpaired) electrons. The summed E-state index contributed by atoms with van der Waals surface area (Å²) in [6, 6.07) is 6.82. The molecule has 1 aromatic carbocycles. The number of aryl methyl sites for hydroxylation is 1. The molecule has 0 heterocycles. The Hall–Kier alpha value is -1.39. The van der Waals surface area contributed by atoms with E-state index in [2.05, 4.69) is 0 Å². The zero-order chi connectivity index (χ0) is 9.14. The van der Waals surface area contributed by atoms with Crippen LogP contribution in [0.15, 0.2) is 24.3 Å².